The van der Waals surface area contributed by atoms with Crippen molar-refractivity contribution in [3.63, 3.8) is 0 Å². The van der Waals surface area contributed by atoms with Gasteiger partial charge < -0.3 is 19.8 Å². The molecule has 1 aliphatic heterocycles. The molecule has 0 spiro atoms. The van der Waals surface area contributed by atoms with E-state index < -0.39 is 11.6 Å². The van der Waals surface area contributed by atoms with Crippen molar-refractivity contribution >= 4 is 11.6 Å². The third-order valence-corrected chi connectivity index (χ3v) is 4.33. The molecular formula is C17H22N4O4. The quantitative estimate of drug-likeness (QED) is 0.893. The number of nitrogen functional groups attached to an aromatic ring is 1. The SMILES string of the molecule is Cc1cc(-c2cc(N)c(=O)n(C(C)C(=O)N3CCOCC3)n2)c(C)o1. The lowest BCUT2D eigenvalue weighted by Crippen LogP contribution is -2.45. The molecule has 0 radical (unpaired) electrons. The maximum Gasteiger partial charge on any atom is 0.290 e. The molecule has 1 atom stereocenters. The maximum absolute atomic E-state index is 12.7. The Morgan fingerprint density at radius 3 is 2.56 bits per heavy atom. The number of carbonyl (C=O) groups excluding carboxylic acids is 1. The number of ether oxygens (including phenoxy) is 1. The van der Waals surface area contributed by atoms with Gasteiger partial charge in [-0.3, -0.25) is 9.59 Å². The molecule has 0 aliphatic carbocycles. The lowest BCUT2D eigenvalue weighted by Gasteiger charge is -2.29. The fraction of sp³-hybridized carbons (Fsp3) is 0.471. The number of morpholine rings is 1. The molecule has 1 saturated heterocycles. The molecule has 134 valence electrons. The Kier molecular flexibility index (Phi) is 4.63. The smallest absolute Gasteiger partial charge is 0.290 e. The van der Waals surface area contributed by atoms with E-state index in [1.165, 1.54) is 6.07 Å². The molecule has 2 N–H and O–H groups in total. The topological polar surface area (TPSA) is 104 Å². The number of nitrogens with zero attached hydrogens (tertiary/aromatic N) is 3. The number of anilines is 1. The first-order valence-electron chi connectivity index (χ1n) is 8.21. The van der Waals surface area contributed by atoms with Crippen LogP contribution >= 0.6 is 0 Å². The molecule has 8 nitrogen and oxygen atoms in total. The maximum atomic E-state index is 12.7. The molecule has 1 aliphatic rings. The van der Waals surface area contributed by atoms with Gasteiger partial charge in [-0.2, -0.15) is 5.10 Å². The normalized spacial score (nSPS) is 16.0. The Balaban J connectivity index is 1.99. The summed E-state index contributed by atoms with van der Waals surface area (Å²) in [6, 6.07) is 2.60. The summed E-state index contributed by atoms with van der Waals surface area (Å²) in [6.07, 6.45) is 0. The average molecular weight is 346 g/mol. The molecule has 1 amide bonds. The van der Waals surface area contributed by atoms with Gasteiger partial charge in [0.1, 0.15) is 23.2 Å². The van der Waals surface area contributed by atoms with Crippen LogP contribution in [0, 0.1) is 13.8 Å². The summed E-state index contributed by atoms with van der Waals surface area (Å²) < 4.78 is 11.9. The summed E-state index contributed by atoms with van der Waals surface area (Å²) in [7, 11) is 0. The standard InChI is InChI=1S/C17H22N4O4/c1-10-8-13(12(3)25-10)15-9-14(18)17(23)21(19-15)11(2)16(22)20-4-6-24-7-5-20/h8-9,11H,4-7,18H2,1-3H3. The summed E-state index contributed by atoms with van der Waals surface area (Å²) in [5.74, 6) is 1.25. The second-order valence-corrected chi connectivity index (χ2v) is 6.18. The van der Waals surface area contributed by atoms with Crippen molar-refractivity contribution in [1.29, 1.82) is 0 Å². The zero-order valence-corrected chi connectivity index (χ0v) is 14.6. The summed E-state index contributed by atoms with van der Waals surface area (Å²) in [4.78, 5) is 26.8. The van der Waals surface area contributed by atoms with Crippen LogP contribution in [0.15, 0.2) is 21.3 Å². The van der Waals surface area contributed by atoms with Gasteiger partial charge in [0.25, 0.3) is 5.56 Å². The molecule has 2 aromatic rings. The molecule has 3 rings (SSSR count). The van der Waals surface area contributed by atoms with Crippen molar-refractivity contribution in [3.8, 4) is 11.3 Å². The van der Waals surface area contributed by atoms with Crippen LogP contribution in [0.5, 0.6) is 0 Å². The van der Waals surface area contributed by atoms with Gasteiger partial charge in [0.2, 0.25) is 5.91 Å². The largest absolute Gasteiger partial charge is 0.466 e. The number of aromatic nitrogens is 2. The van der Waals surface area contributed by atoms with Gasteiger partial charge in [-0.1, -0.05) is 0 Å². The second kappa shape index (κ2) is 6.72. The molecule has 0 saturated carbocycles. The van der Waals surface area contributed by atoms with Gasteiger partial charge in [0.05, 0.1) is 18.9 Å². The summed E-state index contributed by atoms with van der Waals surface area (Å²) in [6.45, 7) is 7.31. The highest BCUT2D eigenvalue weighted by molar-refractivity contribution is 5.80. The van der Waals surface area contributed by atoms with Gasteiger partial charge in [-0.15, -0.1) is 0 Å². The van der Waals surface area contributed by atoms with E-state index in [1.807, 2.05) is 19.9 Å². The molecule has 1 unspecified atom stereocenters. The van der Waals surface area contributed by atoms with Crippen LogP contribution in [0.2, 0.25) is 0 Å². The van der Waals surface area contributed by atoms with Gasteiger partial charge in [0.15, 0.2) is 0 Å². The molecule has 25 heavy (non-hydrogen) atoms. The van der Waals surface area contributed by atoms with E-state index in [1.54, 1.807) is 11.8 Å². The second-order valence-electron chi connectivity index (χ2n) is 6.18. The molecule has 0 bridgehead atoms. The number of hydrogen-bond donors (Lipinski definition) is 1. The predicted molar refractivity (Wildman–Crippen MR) is 92.2 cm³/mol. The van der Waals surface area contributed by atoms with E-state index in [9.17, 15) is 9.59 Å². The molecule has 3 heterocycles. The van der Waals surface area contributed by atoms with Gasteiger partial charge in [0, 0.05) is 18.7 Å². The fourth-order valence-electron chi connectivity index (χ4n) is 2.96. The number of rotatable bonds is 3. The minimum Gasteiger partial charge on any atom is -0.466 e. The highest BCUT2D eigenvalue weighted by Crippen LogP contribution is 2.25. The molecule has 2 aromatic heterocycles. The fourth-order valence-corrected chi connectivity index (χ4v) is 2.96. The minimum atomic E-state index is -0.749. The summed E-state index contributed by atoms with van der Waals surface area (Å²) in [5, 5.41) is 4.38. The van der Waals surface area contributed by atoms with Crippen molar-refractivity contribution in [3.05, 3.63) is 34.0 Å². The number of amides is 1. The predicted octanol–water partition coefficient (Wildman–Crippen LogP) is 1.12. The van der Waals surface area contributed by atoms with E-state index in [0.717, 1.165) is 16.0 Å². The van der Waals surface area contributed by atoms with E-state index in [0.29, 0.717) is 37.8 Å². The molecule has 8 heteroatoms. The first-order chi connectivity index (χ1) is 11.9. The van der Waals surface area contributed by atoms with Crippen LogP contribution in [-0.2, 0) is 9.53 Å². The van der Waals surface area contributed by atoms with Crippen LogP contribution in [0.4, 0.5) is 5.69 Å². The molecule has 0 aromatic carbocycles. The number of hydrogen-bond acceptors (Lipinski definition) is 6. The number of carbonyl (C=O) groups is 1. The van der Waals surface area contributed by atoms with Crippen LogP contribution in [0.1, 0.15) is 24.5 Å². The van der Waals surface area contributed by atoms with Gasteiger partial charge >= 0.3 is 0 Å². The van der Waals surface area contributed by atoms with Crippen LogP contribution in [-0.4, -0.2) is 46.9 Å². The van der Waals surface area contributed by atoms with Crippen molar-refractivity contribution in [2.24, 2.45) is 0 Å². The van der Waals surface area contributed by atoms with Crippen molar-refractivity contribution in [1.82, 2.24) is 14.7 Å². The van der Waals surface area contributed by atoms with E-state index in [2.05, 4.69) is 5.10 Å². The Bertz CT molecular complexity index is 849. The van der Waals surface area contributed by atoms with E-state index in [-0.39, 0.29) is 11.6 Å². The lowest BCUT2D eigenvalue weighted by molar-refractivity contribution is -0.138. The molecule has 1 fully saturated rings. The van der Waals surface area contributed by atoms with Gasteiger partial charge in [-0.05, 0) is 32.9 Å². The first kappa shape index (κ1) is 17.2. The van der Waals surface area contributed by atoms with Crippen LogP contribution in [0.25, 0.3) is 11.3 Å². The lowest BCUT2D eigenvalue weighted by atomic mass is 10.1. The highest BCUT2D eigenvalue weighted by atomic mass is 16.5. The van der Waals surface area contributed by atoms with E-state index in [4.69, 9.17) is 14.9 Å². The highest BCUT2D eigenvalue weighted by Gasteiger charge is 2.26. The third-order valence-electron chi connectivity index (χ3n) is 4.33. The zero-order chi connectivity index (χ0) is 18.1. The third kappa shape index (κ3) is 3.30. The Morgan fingerprint density at radius 2 is 1.96 bits per heavy atom. The van der Waals surface area contributed by atoms with Crippen molar-refractivity contribution < 1.29 is 13.9 Å². The number of aryl methyl sites for hydroxylation is 2. The van der Waals surface area contributed by atoms with Crippen LogP contribution < -0.4 is 11.3 Å². The number of nitrogens with two attached hydrogens (primary N) is 1. The van der Waals surface area contributed by atoms with Crippen molar-refractivity contribution in [2.75, 3.05) is 32.0 Å². The molecular weight excluding hydrogens is 324 g/mol. The summed E-state index contributed by atoms with van der Waals surface area (Å²) >= 11 is 0. The first-order valence-corrected chi connectivity index (χ1v) is 8.21. The monoisotopic (exact) mass is 346 g/mol. The van der Waals surface area contributed by atoms with Crippen LogP contribution in [0.3, 0.4) is 0 Å². The van der Waals surface area contributed by atoms with Crippen molar-refractivity contribution in [2.45, 2.75) is 26.8 Å². The average Bonchev–Trinajstić information content (AvgIpc) is 2.95. The number of furan rings is 1. The van der Waals surface area contributed by atoms with E-state index >= 15 is 0 Å². The van der Waals surface area contributed by atoms with Gasteiger partial charge in [-0.25, -0.2) is 4.68 Å². The zero-order valence-electron chi connectivity index (χ0n) is 14.6. The Labute approximate surface area is 145 Å². The summed E-state index contributed by atoms with van der Waals surface area (Å²) in [5.41, 5.74) is 6.71. The Hall–Kier alpha value is -2.61. The Morgan fingerprint density at radius 1 is 1.28 bits per heavy atom. The minimum absolute atomic E-state index is 0.0462.